The van der Waals surface area contributed by atoms with Crippen molar-refractivity contribution in [3.63, 3.8) is 0 Å². The number of thiophene rings is 1. The van der Waals surface area contributed by atoms with E-state index in [0.717, 1.165) is 21.8 Å². The van der Waals surface area contributed by atoms with Crippen LogP contribution in [0.4, 0.5) is 9.80 Å². The van der Waals surface area contributed by atoms with Crippen molar-refractivity contribution in [2.45, 2.75) is 51.2 Å². The van der Waals surface area contributed by atoms with E-state index >= 15 is 0 Å². The highest BCUT2D eigenvalue weighted by atomic mass is 32.2. The highest BCUT2D eigenvalue weighted by molar-refractivity contribution is 7.89. The van der Waals surface area contributed by atoms with E-state index in [9.17, 15) is 27.6 Å². The van der Waals surface area contributed by atoms with Crippen LogP contribution in [0.2, 0.25) is 0 Å². The SMILES string of the molecule is CNC(=O)NC(=O)c1c(NC(=O)c2ccc(S(=O)(=O)N(Cc3ccccc3)C(C)C)cc2)sc2c1CCN(C(C)=O)C2. The topological polar surface area (TPSA) is 145 Å². The van der Waals surface area contributed by atoms with E-state index < -0.39 is 27.9 Å². The third-order valence-corrected chi connectivity index (χ3v) is 10.1. The largest absolute Gasteiger partial charge is 0.341 e. The van der Waals surface area contributed by atoms with Crippen LogP contribution >= 0.6 is 11.3 Å². The van der Waals surface area contributed by atoms with Gasteiger partial charge in [0.2, 0.25) is 15.9 Å². The number of amides is 5. The average Bonchev–Trinajstić information content (AvgIpc) is 3.33. The number of anilines is 1. The van der Waals surface area contributed by atoms with Gasteiger partial charge >= 0.3 is 6.03 Å². The van der Waals surface area contributed by atoms with Gasteiger partial charge in [0.15, 0.2) is 0 Å². The molecule has 222 valence electrons. The fourth-order valence-electron chi connectivity index (χ4n) is 4.63. The van der Waals surface area contributed by atoms with E-state index in [4.69, 9.17) is 0 Å². The zero-order valence-electron chi connectivity index (χ0n) is 23.8. The number of hydrogen-bond acceptors (Lipinski definition) is 7. The maximum atomic E-state index is 13.5. The number of urea groups is 1. The molecule has 1 aliphatic heterocycles. The van der Waals surface area contributed by atoms with Gasteiger partial charge in [-0.25, -0.2) is 13.2 Å². The molecule has 0 saturated heterocycles. The molecule has 1 aliphatic rings. The standard InChI is InChI=1S/C29H33N5O6S2/c1-18(2)34(16-20-8-6-5-7-9-20)42(39,40)22-12-10-21(11-13-22)26(36)31-28-25(27(37)32-29(38)30-4)23-14-15-33(19(3)35)17-24(23)41-28/h5-13,18H,14-17H2,1-4H3,(H,31,36)(H2,30,32,37,38). The number of nitrogens with zero attached hydrogens (tertiary/aromatic N) is 2. The van der Waals surface area contributed by atoms with Crippen LogP contribution in [-0.4, -0.2) is 61.0 Å². The highest BCUT2D eigenvalue weighted by Crippen LogP contribution is 2.37. The lowest BCUT2D eigenvalue weighted by Gasteiger charge is -2.26. The molecule has 5 amide bonds. The number of carbonyl (C=O) groups is 4. The summed E-state index contributed by atoms with van der Waals surface area (Å²) >= 11 is 1.16. The van der Waals surface area contributed by atoms with Gasteiger partial charge in [0.1, 0.15) is 5.00 Å². The number of imide groups is 1. The Kier molecular flexibility index (Phi) is 9.44. The number of hydrogen-bond donors (Lipinski definition) is 3. The molecule has 0 bridgehead atoms. The monoisotopic (exact) mass is 611 g/mol. The molecule has 42 heavy (non-hydrogen) atoms. The summed E-state index contributed by atoms with van der Waals surface area (Å²) < 4.78 is 28.4. The third-order valence-electron chi connectivity index (χ3n) is 6.89. The minimum atomic E-state index is -3.87. The van der Waals surface area contributed by atoms with E-state index in [0.29, 0.717) is 18.5 Å². The quantitative estimate of drug-likeness (QED) is 0.355. The minimum absolute atomic E-state index is 0.0465. The van der Waals surface area contributed by atoms with Crippen LogP contribution in [0.15, 0.2) is 59.5 Å². The second-order valence-corrected chi connectivity index (χ2v) is 13.0. The minimum Gasteiger partial charge on any atom is -0.341 e. The summed E-state index contributed by atoms with van der Waals surface area (Å²) in [5.41, 5.74) is 1.88. The summed E-state index contributed by atoms with van der Waals surface area (Å²) in [6, 6.07) is 13.9. The smallest absolute Gasteiger partial charge is 0.321 e. The van der Waals surface area contributed by atoms with Gasteiger partial charge in [0, 0.05) is 43.5 Å². The maximum absolute atomic E-state index is 13.5. The predicted octanol–water partition coefficient (Wildman–Crippen LogP) is 3.57. The van der Waals surface area contributed by atoms with Gasteiger partial charge in [-0.2, -0.15) is 4.31 Å². The van der Waals surface area contributed by atoms with Crippen molar-refractivity contribution in [3.05, 3.63) is 81.7 Å². The van der Waals surface area contributed by atoms with Gasteiger partial charge in [-0.15, -0.1) is 11.3 Å². The molecule has 1 aromatic heterocycles. The summed E-state index contributed by atoms with van der Waals surface area (Å²) in [6.07, 6.45) is 0.389. The first-order valence-corrected chi connectivity index (χ1v) is 15.6. The van der Waals surface area contributed by atoms with Crippen molar-refractivity contribution < 1.29 is 27.6 Å². The van der Waals surface area contributed by atoms with E-state index in [1.54, 1.807) is 18.7 Å². The van der Waals surface area contributed by atoms with Crippen molar-refractivity contribution in [2.75, 3.05) is 18.9 Å². The molecule has 3 aromatic rings. The Hall–Kier alpha value is -4.07. The lowest BCUT2D eigenvalue weighted by Crippen LogP contribution is -2.39. The molecule has 13 heteroatoms. The first kappa shape index (κ1) is 30.9. The van der Waals surface area contributed by atoms with Gasteiger partial charge in [-0.3, -0.25) is 19.7 Å². The van der Waals surface area contributed by atoms with Crippen molar-refractivity contribution >= 4 is 50.1 Å². The summed E-state index contributed by atoms with van der Waals surface area (Å²) in [4.78, 5) is 52.5. The fourth-order valence-corrected chi connectivity index (χ4v) is 7.51. The van der Waals surface area contributed by atoms with Crippen LogP contribution in [-0.2, 0) is 34.3 Å². The van der Waals surface area contributed by atoms with Crippen molar-refractivity contribution in [3.8, 4) is 0 Å². The Morgan fingerprint density at radius 1 is 1.00 bits per heavy atom. The van der Waals surface area contributed by atoms with Gasteiger partial charge in [0.25, 0.3) is 11.8 Å². The van der Waals surface area contributed by atoms with E-state index in [1.165, 1.54) is 42.5 Å². The van der Waals surface area contributed by atoms with Gasteiger partial charge < -0.3 is 15.5 Å². The molecule has 11 nitrogen and oxygen atoms in total. The highest BCUT2D eigenvalue weighted by Gasteiger charge is 2.31. The molecule has 3 N–H and O–H groups in total. The summed E-state index contributed by atoms with van der Waals surface area (Å²) in [5, 5.41) is 7.57. The molecule has 0 spiro atoms. The van der Waals surface area contributed by atoms with Crippen LogP contribution in [0.25, 0.3) is 0 Å². The van der Waals surface area contributed by atoms with Gasteiger partial charge in [-0.1, -0.05) is 30.3 Å². The second kappa shape index (κ2) is 12.8. The maximum Gasteiger partial charge on any atom is 0.321 e. The Morgan fingerprint density at radius 2 is 1.67 bits per heavy atom. The second-order valence-electron chi connectivity index (χ2n) is 10.0. The van der Waals surface area contributed by atoms with Crippen molar-refractivity contribution in [1.29, 1.82) is 0 Å². The zero-order valence-corrected chi connectivity index (χ0v) is 25.4. The average molecular weight is 612 g/mol. The fraction of sp³-hybridized carbons (Fsp3) is 0.310. The predicted molar refractivity (Wildman–Crippen MR) is 160 cm³/mol. The van der Waals surface area contributed by atoms with Crippen LogP contribution in [0.1, 0.15) is 57.5 Å². The summed E-state index contributed by atoms with van der Waals surface area (Å²) in [7, 11) is -2.49. The molecule has 0 fully saturated rings. The molecule has 0 radical (unpaired) electrons. The molecule has 4 rings (SSSR count). The number of fused-ring (bicyclic) bond motifs is 1. The molecule has 0 saturated carbocycles. The van der Waals surface area contributed by atoms with E-state index in [-0.39, 0.29) is 46.1 Å². The lowest BCUT2D eigenvalue weighted by molar-refractivity contribution is -0.129. The van der Waals surface area contributed by atoms with E-state index in [2.05, 4.69) is 16.0 Å². The Bertz CT molecular complexity index is 1600. The Balaban J connectivity index is 1.59. The summed E-state index contributed by atoms with van der Waals surface area (Å²) in [5.74, 6) is -1.34. The van der Waals surface area contributed by atoms with Crippen LogP contribution in [0, 0.1) is 0 Å². The summed E-state index contributed by atoms with van der Waals surface area (Å²) in [6.45, 7) is 5.96. The first-order chi connectivity index (χ1) is 19.9. The molecular formula is C29H33N5O6S2. The van der Waals surface area contributed by atoms with Gasteiger partial charge in [0.05, 0.1) is 17.0 Å². The Labute approximate surface area is 249 Å². The van der Waals surface area contributed by atoms with Crippen LogP contribution in [0.3, 0.4) is 0 Å². The number of benzene rings is 2. The van der Waals surface area contributed by atoms with Crippen LogP contribution in [0.5, 0.6) is 0 Å². The molecular weight excluding hydrogens is 578 g/mol. The molecule has 2 heterocycles. The number of rotatable bonds is 8. The molecule has 0 atom stereocenters. The van der Waals surface area contributed by atoms with Crippen molar-refractivity contribution in [1.82, 2.24) is 19.8 Å². The number of carbonyl (C=O) groups excluding carboxylic acids is 4. The first-order valence-electron chi connectivity index (χ1n) is 13.3. The van der Waals surface area contributed by atoms with Gasteiger partial charge in [-0.05, 0) is 55.7 Å². The third kappa shape index (κ3) is 6.69. The number of nitrogens with one attached hydrogen (secondary N) is 3. The normalized spacial score (nSPS) is 13.0. The van der Waals surface area contributed by atoms with Crippen LogP contribution < -0.4 is 16.0 Å². The Morgan fingerprint density at radius 3 is 2.26 bits per heavy atom. The zero-order chi connectivity index (χ0) is 30.6. The number of sulfonamides is 1. The lowest BCUT2D eigenvalue weighted by atomic mass is 10.0. The molecule has 0 aliphatic carbocycles. The van der Waals surface area contributed by atoms with Crippen molar-refractivity contribution in [2.24, 2.45) is 0 Å². The molecule has 2 aromatic carbocycles. The molecule has 0 unspecified atom stereocenters. The van der Waals surface area contributed by atoms with E-state index in [1.807, 2.05) is 30.3 Å².